The lowest BCUT2D eigenvalue weighted by Gasteiger charge is -2.17. The quantitative estimate of drug-likeness (QED) is 0.821. The third kappa shape index (κ3) is 2.14. The van der Waals surface area contributed by atoms with Gasteiger partial charge < -0.3 is 5.11 Å². The highest BCUT2D eigenvalue weighted by Crippen LogP contribution is 2.30. The highest BCUT2D eigenvalue weighted by atomic mass is 16.3. The fourth-order valence-corrected chi connectivity index (χ4v) is 2.43. The molecule has 2 heteroatoms. The van der Waals surface area contributed by atoms with Gasteiger partial charge in [-0.15, -0.1) is 0 Å². The Labute approximate surface area is 107 Å². The molecule has 0 atom stereocenters. The van der Waals surface area contributed by atoms with Crippen molar-refractivity contribution < 1.29 is 5.11 Å². The molecule has 90 valence electrons. The Morgan fingerprint density at radius 1 is 1.06 bits per heavy atom. The number of aromatic nitrogens is 1. The summed E-state index contributed by atoms with van der Waals surface area (Å²) in [6, 6.07) is 11.5. The maximum atomic E-state index is 9.29. The van der Waals surface area contributed by atoms with Gasteiger partial charge in [0, 0.05) is 6.20 Å². The zero-order chi connectivity index (χ0) is 12.4. The molecule has 1 aliphatic rings. The van der Waals surface area contributed by atoms with Crippen LogP contribution in [0.1, 0.15) is 29.7 Å². The SMILES string of the molecule is Oc1ccc(/C=C2\CCCc3cccnc32)cc1. The lowest BCUT2D eigenvalue weighted by molar-refractivity contribution is 0.475. The number of benzene rings is 1. The van der Waals surface area contributed by atoms with E-state index in [2.05, 4.69) is 17.1 Å². The standard InChI is InChI=1S/C16H15NO/c18-15-8-6-12(7-9-15)11-14-4-1-3-13-5-2-10-17-16(13)14/h2,5-11,18H,1,3-4H2/b14-11+. The van der Waals surface area contributed by atoms with Crippen LogP contribution in [0.4, 0.5) is 0 Å². The molecule has 2 aromatic rings. The summed E-state index contributed by atoms with van der Waals surface area (Å²) in [4.78, 5) is 4.50. The minimum absolute atomic E-state index is 0.305. The molecule has 0 saturated heterocycles. The van der Waals surface area contributed by atoms with Crippen LogP contribution >= 0.6 is 0 Å². The molecule has 1 N–H and O–H groups in total. The fraction of sp³-hybridized carbons (Fsp3) is 0.188. The number of aryl methyl sites for hydroxylation is 1. The lowest BCUT2D eigenvalue weighted by Crippen LogP contribution is -2.03. The first-order valence-corrected chi connectivity index (χ1v) is 6.27. The first-order chi connectivity index (χ1) is 8.83. The summed E-state index contributed by atoms with van der Waals surface area (Å²) < 4.78 is 0. The minimum atomic E-state index is 0.305. The number of rotatable bonds is 1. The number of hydrogen-bond acceptors (Lipinski definition) is 2. The van der Waals surface area contributed by atoms with Crippen molar-refractivity contribution in [3.8, 4) is 5.75 Å². The first kappa shape index (κ1) is 11.0. The Kier molecular flexibility index (Phi) is 2.85. The summed E-state index contributed by atoms with van der Waals surface area (Å²) in [6.45, 7) is 0. The average Bonchev–Trinajstić information content (AvgIpc) is 2.42. The summed E-state index contributed by atoms with van der Waals surface area (Å²) in [5, 5.41) is 9.29. The van der Waals surface area contributed by atoms with Crippen LogP contribution in [0, 0.1) is 0 Å². The monoisotopic (exact) mass is 237 g/mol. The van der Waals surface area contributed by atoms with Gasteiger partial charge in [0.25, 0.3) is 0 Å². The maximum Gasteiger partial charge on any atom is 0.115 e. The minimum Gasteiger partial charge on any atom is -0.508 e. The van der Waals surface area contributed by atoms with Crippen LogP contribution in [0.3, 0.4) is 0 Å². The molecular formula is C16H15NO. The Balaban J connectivity index is 2.00. The van der Waals surface area contributed by atoms with Crippen LogP contribution in [-0.2, 0) is 6.42 Å². The van der Waals surface area contributed by atoms with E-state index in [0.717, 1.165) is 24.1 Å². The van der Waals surface area contributed by atoms with Crippen molar-refractivity contribution in [3.63, 3.8) is 0 Å². The summed E-state index contributed by atoms with van der Waals surface area (Å²) >= 11 is 0. The summed E-state index contributed by atoms with van der Waals surface area (Å²) in [5.41, 5.74) is 4.88. The fourth-order valence-electron chi connectivity index (χ4n) is 2.43. The second-order valence-electron chi connectivity index (χ2n) is 4.63. The normalized spacial score (nSPS) is 16.6. The zero-order valence-corrected chi connectivity index (χ0v) is 10.1. The van der Waals surface area contributed by atoms with E-state index in [4.69, 9.17) is 0 Å². The summed E-state index contributed by atoms with van der Waals surface area (Å²) in [5.74, 6) is 0.305. The molecule has 0 amide bonds. The molecule has 1 aliphatic carbocycles. The van der Waals surface area contributed by atoms with Crippen molar-refractivity contribution >= 4 is 11.6 Å². The molecule has 18 heavy (non-hydrogen) atoms. The van der Waals surface area contributed by atoms with E-state index in [1.807, 2.05) is 24.4 Å². The highest BCUT2D eigenvalue weighted by molar-refractivity contribution is 5.82. The molecule has 0 bridgehead atoms. The predicted octanol–water partition coefficient (Wildman–Crippen LogP) is 3.66. The Morgan fingerprint density at radius 2 is 1.89 bits per heavy atom. The largest absolute Gasteiger partial charge is 0.508 e. The van der Waals surface area contributed by atoms with Gasteiger partial charge in [0.15, 0.2) is 0 Å². The predicted molar refractivity (Wildman–Crippen MR) is 73.2 cm³/mol. The van der Waals surface area contributed by atoms with Crippen LogP contribution in [0.15, 0.2) is 42.6 Å². The molecule has 0 radical (unpaired) electrons. The number of aromatic hydroxyl groups is 1. The van der Waals surface area contributed by atoms with Gasteiger partial charge in [-0.25, -0.2) is 0 Å². The van der Waals surface area contributed by atoms with Crippen molar-refractivity contribution in [2.45, 2.75) is 19.3 Å². The molecule has 0 unspecified atom stereocenters. The summed E-state index contributed by atoms with van der Waals surface area (Å²) in [7, 11) is 0. The molecule has 1 aromatic carbocycles. The smallest absolute Gasteiger partial charge is 0.115 e. The number of phenols is 1. The molecule has 0 fully saturated rings. The number of allylic oxidation sites excluding steroid dienone is 1. The number of fused-ring (bicyclic) bond motifs is 1. The van der Waals surface area contributed by atoms with E-state index in [1.54, 1.807) is 12.1 Å². The number of pyridine rings is 1. The topological polar surface area (TPSA) is 33.1 Å². The van der Waals surface area contributed by atoms with Gasteiger partial charge in [0.2, 0.25) is 0 Å². The van der Waals surface area contributed by atoms with E-state index in [1.165, 1.54) is 17.6 Å². The highest BCUT2D eigenvalue weighted by Gasteiger charge is 2.14. The van der Waals surface area contributed by atoms with Crippen LogP contribution < -0.4 is 0 Å². The maximum absolute atomic E-state index is 9.29. The van der Waals surface area contributed by atoms with E-state index >= 15 is 0 Å². The van der Waals surface area contributed by atoms with Gasteiger partial charge in [-0.2, -0.15) is 0 Å². The molecule has 1 aromatic heterocycles. The van der Waals surface area contributed by atoms with Gasteiger partial charge in [-0.1, -0.05) is 18.2 Å². The Morgan fingerprint density at radius 3 is 2.72 bits per heavy atom. The van der Waals surface area contributed by atoms with E-state index in [-0.39, 0.29) is 0 Å². The van der Waals surface area contributed by atoms with Crippen LogP contribution in [-0.4, -0.2) is 10.1 Å². The Bertz CT molecular complexity index is 584. The van der Waals surface area contributed by atoms with E-state index < -0.39 is 0 Å². The second-order valence-corrected chi connectivity index (χ2v) is 4.63. The van der Waals surface area contributed by atoms with Crippen molar-refractivity contribution in [1.82, 2.24) is 4.98 Å². The molecule has 0 aliphatic heterocycles. The number of nitrogens with zero attached hydrogens (tertiary/aromatic N) is 1. The third-order valence-electron chi connectivity index (χ3n) is 3.32. The van der Waals surface area contributed by atoms with Crippen LogP contribution in [0.25, 0.3) is 11.6 Å². The van der Waals surface area contributed by atoms with Gasteiger partial charge >= 0.3 is 0 Å². The molecular weight excluding hydrogens is 222 g/mol. The number of phenolic OH excluding ortho intramolecular Hbond substituents is 1. The first-order valence-electron chi connectivity index (χ1n) is 6.27. The van der Waals surface area contributed by atoms with Gasteiger partial charge in [-0.3, -0.25) is 4.98 Å². The van der Waals surface area contributed by atoms with Crippen LogP contribution in [0.5, 0.6) is 5.75 Å². The Hall–Kier alpha value is -2.09. The van der Waals surface area contributed by atoms with Gasteiger partial charge in [0.05, 0.1) is 5.69 Å². The average molecular weight is 237 g/mol. The molecule has 0 spiro atoms. The van der Waals surface area contributed by atoms with E-state index in [9.17, 15) is 5.11 Å². The number of hydrogen-bond donors (Lipinski definition) is 1. The van der Waals surface area contributed by atoms with Gasteiger partial charge in [-0.05, 0) is 60.2 Å². The second kappa shape index (κ2) is 4.65. The van der Waals surface area contributed by atoms with Gasteiger partial charge in [0.1, 0.15) is 5.75 Å². The van der Waals surface area contributed by atoms with Crippen molar-refractivity contribution in [1.29, 1.82) is 0 Å². The lowest BCUT2D eigenvalue weighted by atomic mass is 9.90. The molecule has 0 saturated carbocycles. The molecule has 2 nitrogen and oxygen atoms in total. The van der Waals surface area contributed by atoms with Crippen LogP contribution in [0.2, 0.25) is 0 Å². The van der Waals surface area contributed by atoms with E-state index in [0.29, 0.717) is 5.75 Å². The third-order valence-corrected chi connectivity index (χ3v) is 3.32. The summed E-state index contributed by atoms with van der Waals surface area (Å²) in [6.07, 6.45) is 7.41. The van der Waals surface area contributed by atoms with Crippen molar-refractivity contribution in [2.75, 3.05) is 0 Å². The van der Waals surface area contributed by atoms with Crippen molar-refractivity contribution in [3.05, 3.63) is 59.4 Å². The molecule has 1 heterocycles. The van der Waals surface area contributed by atoms with Crippen molar-refractivity contribution in [2.24, 2.45) is 0 Å². The molecule has 3 rings (SSSR count). The zero-order valence-electron chi connectivity index (χ0n) is 10.1.